The van der Waals surface area contributed by atoms with E-state index in [4.69, 9.17) is 0 Å². The fraction of sp³-hybridized carbons (Fsp3) is 0.400. The fourth-order valence-electron chi connectivity index (χ4n) is 2.38. The number of carbonyl (C=O) groups excluding carboxylic acids is 1. The van der Waals surface area contributed by atoms with E-state index in [1.165, 1.54) is 16.8 Å². The van der Waals surface area contributed by atoms with Crippen molar-refractivity contribution in [3.8, 4) is 0 Å². The molecule has 0 radical (unpaired) electrons. The van der Waals surface area contributed by atoms with Gasteiger partial charge in [0.25, 0.3) is 0 Å². The number of carbonyl (C=O) groups is 1. The average molecular weight is 229 g/mol. The smallest absolute Gasteiger partial charge is 0.156 e. The Labute approximate surface area is 103 Å². The summed E-state index contributed by atoms with van der Waals surface area (Å²) in [6.07, 6.45) is 3.44. The van der Waals surface area contributed by atoms with E-state index in [0.717, 1.165) is 6.42 Å². The van der Waals surface area contributed by atoms with Crippen LogP contribution in [0.4, 0.5) is 5.69 Å². The highest BCUT2D eigenvalue weighted by molar-refractivity contribution is 5.91. The van der Waals surface area contributed by atoms with Gasteiger partial charge in [0.2, 0.25) is 0 Å². The van der Waals surface area contributed by atoms with Gasteiger partial charge < -0.3 is 4.90 Å². The van der Waals surface area contributed by atoms with Crippen LogP contribution in [0.5, 0.6) is 0 Å². The Morgan fingerprint density at radius 3 is 2.29 bits per heavy atom. The summed E-state index contributed by atoms with van der Waals surface area (Å²) in [5.74, 6) is 0.624. The van der Waals surface area contributed by atoms with E-state index in [2.05, 4.69) is 29.2 Å². The average Bonchev–Trinajstić information content (AvgIpc) is 2.28. The molecular formula is C15H19NO. The maximum Gasteiger partial charge on any atom is 0.156 e. The molecule has 0 saturated heterocycles. The summed E-state index contributed by atoms with van der Waals surface area (Å²) in [5.41, 5.74) is 3.67. The molecule has 0 amide bonds. The summed E-state index contributed by atoms with van der Waals surface area (Å²) < 4.78 is 0. The molecule has 1 aromatic carbocycles. The second-order valence-corrected chi connectivity index (χ2v) is 5.05. The number of ketones is 1. The first-order chi connectivity index (χ1) is 8.06. The number of nitrogens with zero attached hydrogens (tertiary/aromatic N) is 1. The number of hydrogen-bond acceptors (Lipinski definition) is 2. The Morgan fingerprint density at radius 2 is 1.76 bits per heavy atom. The molecular weight excluding hydrogens is 210 g/mol. The Balaban J connectivity index is 2.18. The van der Waals surface area contributed by atoms with Crippen molar-refractivity contribution in [3.05, 3.63) is 41.5 Å². The highest BCUT2D eigenvalue weighted by Gasteiger charge is 2.20. The Morgan fingerprint density at radius 1 is 1.12 bits per heavy atom. The number of hydrogen-bond donors (Lipinski definition) is 0. The van der Waals surface area contributed by atoms with Gasteiger partial charge in [-0.1, -0.05) is 17.7 Å². The van der Waals surface area contributed by atoms with Crippen LogP contribution in [0.2, 0.25) is 0 Å². The van der Waals surface area contributed by atoms with E-state index in [0.29, 0.717) is 12.3 Å². The summed E-state index contributed by atoms with van der Waals surface area (Å²) in [6, 6.07) is 8.53. The zero-order valence-corrected chi connectivity index (χ0v) is 10.7. The molecule has 0 aromatic heterocycles. The van der Waals surface area contributed by atoms with E-state index in [1.54, 1.807) is 6.08 Å². The quantitative estimate of drug-likeness (QED) is 0.776. The summed E-state index contributed by atoms with van der Waals surface area (Å²) in [6.45, 7) is 2.04. The highest BCUT2D eigenvalue weighted by atomic mass is 16.1. The van der Waals surface area contributed by atoms with E-state index in [9.17, 15) is 4.79 Å². The van der Waals surface area contributed by atoms with Crippen molar-refractivity contribution in [2.45, 2.75) is 25.7 Å². The molecule has 0 aliphatic heterocycles. The minimum atomic E-state index is 0.260. The molecule has 17 heavy (non-hydrogen) atoms. The van der Waals surface area contributed by atoms with E-state index in [-0.39, 0.29) is 5.78 Å². The lowest BCUT2D eigenvalue weighted by Crippen LogP contribution is -2.12. The van der Waals surface area contributed by atoms with Gasteiger partial charge in [-0.05, 0) is 43.0 Å². The van der Waals surface area contributed by atoms with Gasteiger partial charge in [-0.3, -0.25) is 4.79 Å². The molecule has 1 aliphatic carbocycles. The summed E-state index contributed by atoms with van der Waals surface area (Å²) >= 11 is 0. The van der Waals surface area contributed by atoms with Crippen LogP contribution < -0.4 is 4.90 Å². The van der Waals surface area contributed by atoms with Crippen molar-refractivity contribution in [1.82, 2.24) is 0 Å². The second kappa shape index (κ2) is 4.74. The van der Waals surface area contributed by atoms with E-state index >= 15 is 0 Å². The summed E-state index contributed by atoms with van der Waals surface area (Å²) in [7, 11) is 4.07. The summed E-state index contributed by atoms with van der Waals surface area (Å²) in [5, 5.41) is 0. The van der Waals surface area contributed by atoms with Crippen molar-refractivity contribution >= 4 is 11.5 Å². The standard InChI is InChI=1S/C15H19NO/c1-11-8-13(10-15(17)9-11)12-4-6-14(7-5-12)16(2)3/h4-7,9,13H,8,10H2,1-3H3. The number of benzene rings is 1. The molecule has 1 unspecified atom stereocenters. The molecule has 90 valence electrons. The van der Waals surface area contributed by atoms with Crippen molar-refractivity contribution < 1.29 is 4.79 Å². The van der Waals surface area contributed by atoms with Gasteiger partial charge in [-0.25, -0.2) is 0 Å². The van der Waals surface area contributed by atoms with Crippen molar-refractivity contribution in [1.29, 1.82) is 0 Å². The van der Waals surface area contributed by atoms with Crippen LogP contribution in [0.1, 0.15) is 31.2 Å². The predicted octanol–water partition coefficient (Wildman–Crippen LogP) is 3.15. The monoisotopic (exact) mass is 229 g/mol. The van der Waals surface area contributed by atoms with Crippen LogP contribution in [0, 0.1) is 0 Å². The van der Waals surface area contributed by atoms with Gasteiger partial charge in [-0.15, -0.1) is 0 Å². The second-order valence-electron chi connectivity index (χ2n) is 5.05. The molecule has 1 aliphatic rings. The van der Waals surface area contributed by atoms with Crippen LogP contribution in [-0.4, -0.2) is 19.9 Å². The largest absolute Gasteiger partial charge is 0.378 e. The molecule has 2 rings (SSSR count). The number of anilines is 1. The molecule has 2 nitrogen and oxygen atoms in total. The first-order valence-electron chi connectivity index (χ1n) is 6.03. The third-order valence-electron chi connectivity index (χ3n) is 3.30. The van der Waals surface area contributed by atoms with Crippen LogP contribution in [0.25, 0.3) is 0 Å². The molecule has 0 fully saturated rings. The molecule has 0 spiro atoms. The van der Waals surface area contributed by atoms with Gasteiger partial charge in [0, 0.05) is 26.2 Å². The SMILES string of the molecule is CC1=CC(=O)CC(c2ccc(N(C)C)cc2)C1. The summed E-state index contributed by atoms with van der Waals surface area (Å²) in [4.78, 5) is 13.6. The van der Waals surface area contributed by atoms with Crippen LogP contribution >= 0.6 is 0 Å². The highest BCUT2D eigenvalue weighted by Crippen LogP contribution is 2.31. The van der Waals surface area contributed by atoms with Crippen LogP contribution in [0.3, 0.4) is 0 Å². The van der Waals surface area contributed by atoms with Gasteiger partial charge in [0.15, 0.2) is 5.78 Å². The molecule has 0 heterocycles. The van der Waals surface area contributed by atoms with Gasteiger partial charge >= 0.3 is 0 Å². The van der Waals surface area contributed by atoms with E-state index < -0.39 is 0 Å². The zero-order valence-electron chi connectivity index (χ0n) is 10.7. The molecule has 0 N–H and O–H groups in total. The normalized spacial score (nSPS) is 20.1. The Bertz CT molecular complexity index is 442. The topological polar surface area (TPSA) is 20.3 Å². The van der Waals surface area contributed by atoms with Gasteiger partial charge in [0.05, 0.1) is 0 Å². The van der Waals surface area contributed by atoms with Crippen molar-refractivity contribution in [2.24, 2.45) is 0 Å². The van der Waals surface area contributed by atoms with Crippen molar-refractivity contribution in [3.63, 3.8) is 0 Å². The minimum absolute atomic E-state index is 0.260. The van der Waals surface area contributed by atoms with Gasteiger partial charge in [-0.2, -0.15) is 0 Å². The van der Waals surface area contributed by atoms with Crippen LogP contribution in [0.15, 0.2) is 35.9 Å². The first-order valence-corrected chi connectivity index (χ1v) is 6.03. The first kappa shape index (κ1) is 11.9. The Kier molecular flexibility index (Phi) is 3.32. The molecule has 1 aromatic rings. The lowest BCUT2D eigenvalue weighted by Gasteiger charge is -2.21. The predicted molar refractivity (Wildman–Crippen MR) is 71.5 cm³/mol. The maximum absolute atomic E-state index is 11.5. The number of rotatable bonds is 2. The molecule has 2 heteroatoms. The minimum Gasteiger partial charge on any atom is -0.378 e. The Hall–Kier alpha value is -1.57. The van der Waals surface area contributed by atoms with E-state index in [1.807, 2.05) is 21.0 Å². The maximum atomic E-state index is 11.5. The van der Waals surface area contributed by atoms with Crippen LogP contribution in [-0.2, 0) is 4.79 Å². The third-order valence-corrected chi connectivity index (χ3v) is 3.30. The lowest BCUT2D eigenvalue weighted by molar-refractivity contribution is -0.115. The zero-order chi connectivity index (χ0) is 12.4. The lowest BCUT2D eigenvalue weighted by atomic mass is 9.84. The van der Waals surface area contributed by atoms with Gasteiger partial charge in [0.1, 0.15) is 0 Å². The third kappa shape index (κ3) is 2.76. The molecule has 0 bridgehead atoms. The molecule has 0 saturated carbocycles. The fourth-order valence-corrected chi connectivity index (χ4v) is 2.38. The van der Waals surface area contributed by atoms with Crippen molar-refractivity contribution in [2.75, 3.05) is 19.0 Å². The number of allylic oxidation sites excluding steroid dienone is 2. The molecule has 1 atom stereocenters.